The number of nitrogens with zero attached hydrogens (tertiary/aromatic N) is 1. The lowest BCUT2D eigenvalue weighted by Crippen LogP contribution is -2.12. The van der Waals surface area contributed by atoms with E-state index in [4.69, 9.17) is 0 Å². The Kier molecular flexibility index (Phi) is 3.38. The van der Waals surface area contributed by atoms with Crippen LogP contribution in [0.4, 0.5) is 5.13 Å². The maximum Gasteiger partial charge on any atom is 0.183 e. The van der Waals surface area contributed by atoms with E-state index in [-0.39, 0.29) is 0 Å². The molecule has 0 aliphatic rings. The SMILES string of the molecule is Cc1ccc2sc(NCCC(C)(C)C)nc2c1. The molecular weight excluding hydrogens is 228 g/mol. The molecule has 0 radical (unpaired) electrons. The lowest BCUT2D eigenvalue weighted by atomic mass is 9.92. The predicted octanol–water partition coefficient (Wildman–Crippen LogP) is 4.45. The molecule has 0 saturated heterocycles. The zero-order valence-electron chi connectivity index (χ0n) is 11.0. The molecule has 2 rings (SSSR count). The Balaban J connectivity index is 2.05. The summed E-state index contributed by atoms with van der Waals surface area (Å²) in [4.78, 5) is 4.60. The second-order valence-corrected chi connectivity index (χ2v) is 6.76. The summed E-state index contributed by atoms with van der Waals surface area (Å²) in [6.07, 6.45) is 1.15. The van der Waals surface area contributed by atoms with Crippen LogP contribution in [0.5, 0.6) is 0 Å². The molecule has 17 heavy (non-hydrogen) atoms. The van der Waals surface area contributed by atoms with Crippen molar-refractivity contribution < 1.29 is 0 Å². The van der Waals surface area contributed by atoms with Crippen molar-refractivity contribution in [3.8, 4) is 0 Å². The minimum atomic E-state index is 0.375. The first-order valence-electron chi connectivity index (χ1n) is 6.05. The molecule has 1 aromatic heterocycles. The summed E-state index contributed by atoms with van der Waals surface area (Å²) in [6.45, 7) is 9.87. The monoisotopic (exact) mass is 248 g/mol. The molecule has 0 unspecified atom stereocenters. The molecule has 1 heterocycles. The quantitative estimate of drug-likeness (QED) is 0.868. The third-order valence-electron chi connectivity index (χ3n) is 2.69. The standard InChI is InChI=1S/C14H20N2S/c1-10-5-6-12-11(9-10)16-13(17-12)15-8-7-14(2,3)4/h5-6,9H,7-8H2,1-4H3,(H,15,16). The van der Waals surface area contributed by atoms with E-state index in [1.807, 2.05) is 0 Å². The molecule has 0 aliphatic carbocycles. The fourth-order valence-electron chi connectivity index (χ4n) is 1.66. The van der Waals surface area contributed by atoms with Gasteiger partial charge in [0.1, 0.15) is 0 Å². The van der Waals surface area contributed by atoms with E-state index < -0.39 is 0 Å². The fraction of sp³-hybridized carbons (Fsp3) is 0.500. The first kappa shape index (κ1) is 12.4. The molecule has 0 spiro atoms. The molecule has 0 atom stereocenters. The van der Waals surface area contributed by atoms with Crippen molar-refractivity contribution in [1.82, 2.24) is 4.98 Å². The molecule has 0 saturated carbocycles. The molecule has 0 fully saturated rings. The Bertz CT molecular complexity index is 508. The largest absolute Gasteiger partial charge is 0.361 e. The van der Waals surface area contributed by atoms with Crippen molar-refractivity contribution in [2.45, 2.75) is 34.1 Å². The van der Waals surface area contributed by atoms with Gasteiger partial charge in [-0.3, -0.25) is 0 Å². The third kappa shape index (κ3) is 3.43. The van der Waals surface area contributed by atoms with Crippen molar-refractivity contribution >= 4 is 26.7 Å². The third-order valence-corrected chi connectivity index (χ3v) is 3.69. The summed E-state index contributed by atoms with van der Waals surface area (Å²) in [7, 11) is 0. The molecule has 3 heteroatoms. The van der Waals surface area contributed by atoms with Crippen molar-refractivity contribution in [1.29, 1.82) is 0 Å². The van der Waals surface area contributed by atoms with E-state index in [0.717, 1.165) is 23.6 Å². The topological polar surface area (TPSA) is 24.9 Å². The second kappa shape index (κ2) is 4.65. The van der Waals surface area contributed by atoms with Crippen molar-refractivity contribution in [3.63, 3.8) is 0 Å². The number of hydrogen-bond donors (Lipinski definition) is 1. The van der Waals surface area contributed by atoms with Gasteiger partial charge in [-0.05, 0) is 36.5 Å². The first-order valence-corrected chi connectivity index (χ1v) is 6.87. The van der Waals surface area contributed by atoms with Crippen LogP contribution in [0, 0.1) is 12.3 Å². The molecule has 2 aromatic rings. The van der Waals surface area contributed by atoms with Crippen LogP contribution in [0.3, 0.4) is 0 Å². The number of thiazole rings is 1. The van der Waals surface area contributed by atoms with Crippen LogP contribution in [0.25, 0.3) is 10.2 Å². The van der Waals surface area contributed by atoms with E-state index in [0.29, 0.717) is 5.41 Å². The number of anilines is 1. The van der Waals surface area contributed by atoms with Crippen LogP contribution in [0.1, 0.15) is 32.8 Å². The summed E-state index contributed by atoms with van der Waals surface area (Å²) in [5.41, 5.74) is 2.75. The van der Waals surface area contributed by atoms with Crippen LogP contribution in [-0.2, 0) is 0 Å². The number of nitrogens with one attached hydrogen (secondary N) is 1. The molecule has 92 valence electrons. The lowest BCUT2D eigenvalue weighted by Gasteiger charge is -2.17. The van der Waals surface area contributed by atoms with Gasteiger partial charge in [-0.1, -0.05) is 38.2 Å². The Morgan fingerprint density at radius 2 is 2.06 bits per heavy atom. The van der Waals surface area contributed by atoms with Gasteiger partial charge >= 0.3 is 0 Å². The Hall–Kier alpha value is -1.09. The van der Waals surface area contributed by atoms with Gasteiger partial charge in [-0.2, -0.15) is 0 Å². The van der Waals surface area contributed by atoms with E-state index in [2.05, 4.69) is 56.2 Å². The summed E-state index contributed by atoms with van der Waals surface area (Å²) in [5, 5.41) is 4.45. The predicted molar refractivity (Wildman–Crippen MR) is 76.9 cm³/mol. The van der Waals surface area contributed by atoms with Crippen LogP contribution >= 0.6 is 11.3 Å². The van der Waals surface area contributed by atoms with Crippen LogP contribution in [-0.4, -0.2) is 11.5 Å². The van der Waals surface area contributed by atoms with E-state index in [1.165, 1.54) is 10.3 Å². The van der Waals surface area contributed by atoms with Gasteiger partial charge in [-0.25, -0.2) is 4.98 Å². The van der Waals surface area contributed by atoms with Crippen LogP contribution in [0.2, 0.25) is 0 Å². The molecule has 0 amide bonds. The molecule has 0 bridgehead atoms. The molecule has 1 N–H and O–H groups in total. The number of benzene rings is 1. The summed E-state index contributed by atoms with van der Waals surface area (Å²) < 4.78 is 1.26. The van der Waals surface area contributed by atoms with Gasteiger partial charge in [0.25, 0.3) is 0 Å². The van der Waals surface area contributed by atoms with Gasteiger partial charge in [-0.15, -0.1) is 0 Å². The average molecular weight is 248 g/mol. The Labute approximate surface area is 107 Å². The van der Waals surface area contributed by atoms with E-state index >= 15 is 0 Å². The molecule has 2 nitrogen and oxygen atoms in total. The van der Waals surface area contributed by atoms with Gasteiger partial charge < -0.3 is 5.32 Å². The Morgan fingerprint density at radius 3 is 2.76 bits per heavy atom. The Morgan fingerprint density at radius 1 is 1.29 bits per heavy atom. The number of aryl methyl sites for hydroxylation is 1. The van der Waals surface area contributed by atoms with Gasteiger partial charge in [0.15, 0.2) is 5.13 Å². The summed E-state index contributed by atoms with van der Waals surface area (Å²) in [5.74, 6) is 0. The van der Waals surface area contributed by atoms with E-state index in [9.17, 15) is 0 Å². The lowest BCUT2D eigenvalue weighted by molar-refractivity contribution is 0.390. The summed E-state index contributed by atoms with van der Waals surface area (Å²) in [6, 6.07) is 6.43. The highest BCUT2D eigenvalue weighted by Crippen LogP contribution is 2.27. The molecule has 0 aliphatic heterocycles. The van der Waals surface area contributed by atoms with Crippen molar-refractivity contribution in [3.05, 3.63) is 23.8 Å². The van der Waals surface area contributed by atoms with Crippen molar-refractivity contribution in [2.75, 3.05) is 11.9 Å². The van der Waals surface area contributed by atoms with Crippen LogP contribution < -0.4 is 5.32 Å². The van der Waals surface area contributed by atoms with Gasteiger partial charge in [0, 0.05) is 6.54 Å². The maximum atomic E-state index is 4.60. The van der Waals surface area contributed by atoms with Gasteiger partial charge in [0.05, 0.1) is 10.2 Å². The smallest absolute Gasteiger partial charge is 0.183 e. The van der Waals surface area contributed by atoms with Gasteiger partial charge in [0.2, 0.25) is 0 Å². The van der Waals surface area contributed by atoms with Crippen LogP contribution in [0.15, 0.2) is 18.2 Å². The molecule has 1 aromatic carbocycles. The summed E-state index contributed by atoms with van der Waals surface area (Å²) >= 11 is 1.73. The first-order chi connectivity index (χ1) is 7.94. The highest BCUT2D eigenvalue weighted by Gasteiger charge is 2.10. The second-order valence-electron chi connectivity index (χ2n) is 5.73. The molecular formula is C14H20N2S. The number of aromatic nitrogens is 1. The van der Waals surface area contributed by atoms with E-state index in [1.54, 1.807) is 11.3 Å². The minimum absolute atomic E-state index is 0.375. The highest BCUT2D eigenvalue weighted by atomic mass is 32.1. The zero-order chi connectivity index (χ0) is 12.5. The number of fused-ring (bicyclic) bond motifs is 1. The zero-order valence-corrected chi connectivity index (χ0v) is 11.8. The minimum Gasteiger partial charge on any atom is -0.361 e. The number of rotatable bonds is 3. The average Bonchev–Trinajstić information content (AvgIpc) is 2.57. The maximum absolute atomic E-state index is 4.60. The normalized spacial score (nSPS) is 12.0. The highest BCUT2D eigenvalue weighted by molar-refractivity contribution is 7.22. The number of hydrogen-bond acceptors (Lipinski definition) is 3. The fourth-order valence-corrected chi connectivity index (χ4v) is 2.53. The van der Waals surface area contributed by atoms with Crippen molar-refractivity contribution in [2.24, 2.45) is 5.41 Å².